The molecule has 0 bridgehead atoms. The van der Waals surface area contributed by atoms with Crippen molar-refractivity contribution in [2.75, 3.05) is 0 Å². The van der Waals surface area contributed by atoms with Gasteiger partial charge in [-0.2, -0.15) is 0 Å². The van der Waals surface area contributed by atoms with Crippen LogP contribution in [0.4, 0.5) is 0 Å². The maximum absolute atomic E-state index is 10.7. The summed E-state index contributed by atoms with van der Waals surface area (Å²) in [5.41, 5.74) is 0.425. The van der Waals surface area contributed by atoms with Gasteiger partial charge < -0.3 is 15.0 Å². The van der Waals surface area contributed by atoms with Crippen LogP contribution in [0.2, 0.25) is 0 Å². The zero-order valence-corrected chi connectivity index (χ0v) is 10.6. The number of carbonyl (C=O) groups excluding carboxylic acids is 1. The van der Waals surface area contributed by atoms with Gasteiger partial charge in [0.1, 0.15) is 5.60 Å². The van der Waals surface area contributed by atoms with E-state index in [4.69, 9.17) is 5.11 Å². The fourth-order valence-electron chi connectivity index (χ4n) is 1.69. The summed E-state index contributed by atoms with van der Waals surface area (Å²) in [6.07, 6.45) is 1.25. The molecule has 2 atom stereocenters. The number of carbonyl (C=O) groups is 2. The van der Waals surface area contributed by atoms with Crippen molar-refractivity contribution >= 4 is 12.3 Å². The third kappa shape index (κ3) is 4.30. The monoisotopic (exact) mass is 250 g/mol. The van der Waals surface area contributed by atoms with Crippen molar-refractivity contribution in [3.63, 3.8) is 0 Å². The van der Waals surface area contributed by atoms with E-state index in [2.05, 4.69) is 0 Å². The van der Waals surface area contributed by atoms with Crippen molar-refractivity contribution in [3.05, 3.63) is 35.4 Å². The second kappa shape index (κ2) is 5.78. The van der Waals surface area contributed by atoms with Gasteiger partial charge in [0.2, 0.25) is 0 Å². The normalized spacial score (nSPS) is 15.7. The molecule has 0 saturated heterocycles. The molecular weight excluding hydrogens is 232 g/mol. The number of hydrogen-bond donors (Lipinski definition) is 2. The molecule has 4 heteroatoms. The lowest BCUT2D eigenvalue weighted by Crippen LogP contribution is -2.28. The van der Waals surface area contributed by atoms with E-state index in [1.807, 2.05) is 24.3 Å². The van der Waals surface area contributed by atoms with Crippen molar-refractivity contribution in [2.45, 2.75) is 32.3 Å². The van der Waals surface area contributed by atoms with Gasteiger partial charge in [0.15, 0.2) is 6.29 Å². The third-order valence-electron chi connectivity index (χ3n) is 2.80. The Hall–Kier alpha value is -1.68. The highest BCUT2D eigenvalue weighted by molar-refractivity contribution is 5.69. The highest BCUT2D eigenvalue weighted by atomic mass is 16.4. The summed E-state index contributed by atoms with van der Waals surface area (Å²) in [5.74, 6) is -1.24. The molecule has 0 heterocycles. The Morgan fingerprint density at radius 3 is 2.28 bits per heavy atom. The predicted molar refractivity (Wildman–Crippen MR) is 67.3 cm³/mol. The topological polar surface area (TPSA) is 74.6 Å². The molecule has 0 amide bonds. The molecule has 98 valence electrons. The number of aldehydes is 1. The number of hydrogen-bond acceptors (Lipinski definition) is 3. The fraction of sp³-hybridized carbons (Fsp3) is 0.429. The van der Waals surface area contributed by atoms with Crippen LogP contribution in [-0.4, -0.2) is 28.1 Å². The summed E-state index contributed by atoms with van der Waals surface area (Å²) >= 11 is 0. The molecule has 18 heavy (non-hydrogen) atoms. The molecule has 0 aliphatic rings. The SMILES string of the molecule is CC(Cc1ccc(CC(C)(O)C=O)cc1)C(=O)O. The average Bonchev–Trinajstić information content (AvgIpc) is 2.31. The average molecular weight is 250 g/mol. The largest absolute Gasteiger partial charge is 0.481 e. The van der Waals surface area contributed by atoms with Crippen LogP contribution in [0.1, 0.15) is 25.0 Å². The van der Waals surface area contributed by atoms with Gasteiger partial charge >= 0.3 is 5.97 Å². The van der Waals surface area contributed by atoms with E-state index in [0.717, 1.165) is 11.1 Å². The molecule has 2 unspecified atom stereocenters. The maximum Gasteiger partial charge on any atom is 0.306 e. The smallest absolute Gasteiger partial charge is 0.306 e. The molecule has 0 radical (unpaired) electrons. The van der Waals surface area contributed by atoms with Crippen LogP contribution < -0.4 is 0 Å². The Balaban J connectivity index is 2.68. The minimum atomic E-state index is -1.35. The molecule has 1 aromatic carbocycles. The van der Waals surface area contributed by atoms with Gasteiger partial charge in [-0.3, -0.25) is 4.79 Å². The van der Waals surface area contributed by atoms with Crippen molar-refractivity contribution < 1.29 is 19.8 Å². The maximum atomic E-state index is 10.7. The Labute approximate surface area is 106 Å². The highest BCUT2D eigenvalue weighted by Gasteiger charge is 2.19. The van der Waals surface area contributed by atoms with Gasteiger partial charge in [-0.05, 0) is 24.5 Å². The number of aliphatic hydroxyl groups is 1. The molecule has 0 aromatic heterocycles. The molecule has 1 rings (SSSR count). The standard InChI is InChI=1S/C14H18O4/c1-10(13(16)17)7-11-3-5-12(6-4-11)8-14(2,18)9-15/h3-6,9-10,18H,7-8H2,1-2H3,(H,16,17). The summed E-state index contributed by atoms with van der Waals surface area (Å²) in [7, 11) is 0. The van der Waals surface area contributed by atoms with E-state index in [1.165, 1.54) is 6.92 Å². The molecule has 0 spiro atoms. The van der Waals surface area contributed by atoms with Gasteiger partial charge in [0.05, 0.1) is 5.92 Å². The molecule has 4 nitrogen and oxygen atoms in total. The second-order valence-corrected chi connectivity index (χ2v) is 4.91. The minimum Gasteiger partial charge on any atom is -0.481 e. The number of carboxylic acids is 1. The number of benzene rings is 1. The lowest BCUT2D eigenvalue weighted by molar-refractivity contribution is -0.141. The first-order valence-corrected chi connectivity index (χ1v) is 5.83. The number of rotatable bonds is 6. The summed E-state index contributed by atoms with van der Waals surface area (Å²) in [5, 5.41) is 18.4. The third-order valence-corrected chi connectivity index (χ3v) is 2.80. The van der Waals surface area contributed by atoms with E-state index in [-0.39, 0.29) is 6.42 Å². The predicted octanol–water partition coefficient (Wildman–Crippen LogP) is 1.44. The molecule has 0 fully saturated rings. The van der Waals surface area contributed by atoms with Crippen LogP contribution in [0.15, 0.2) is 24.3 Å². The fourth-order valence-corrected chi connectivity index (χ4v) is 1.69. The van der Waals surface area contributed by atoms with E-state index in [9.17, 15) is 14.7 Å². The van der Waals surface area contributed by atoms with Gasteiger partial charge in [0.25, 0.3) is 0 Å². The molecule has 0 saturated carbocycles. The number of carboxylic acid groups (broad SMARTS) is 1. The lowest BCUT2D eigenvalue weighted by atomic mass is 9.95. The van der Waals surface area contributed by atoms with Gasteiger partial charge in [-0.1, -0.05) is 31.2 Å². The Morgan fingerprint density at radius 2 is 1.83 bits per heavy atom. The lowest BCUT2D eigenvalue weighted by Gasteiger charge is -2.15. The first-order chi connectivity index (χ1) is 8.34. The molecule has 0 aliphatic heterocycles. The van der Waals surface area contributed by atoms with E-state index in [0.29, 0.717) is 12.7 Å². The Kier molecular flexibility index (Phi) is 4.62. The zero-order valence-electron chi connectivity index (χ0n) is 10.6. The minimum absolute atomic E-state index is 0.255. The van der Waals surface area contributed by atoms with E-state index >= 15 is 0 Å². The molecular formula is C14H18O4. The van der Waals surface area contributed by atoms with Crippen LogP contribution in [0.3, 0.4) is 0 Å². The quantitative estimate of drug-likeness (QED) is 0.749. The second-order valence-electron chi connectivity index (χ2n) is 4.91. The zero-order chi connectivity index (χ0) is 13.8. The summed E-state index contributed by atoms with van der Waals surface area (Å²) in [6.45, 7) is 3.12. The van der Waals surface area contributed by atoms with Crippen LogP contribution in [-0.2, 0) is 22.4 Å². The summed E-state index contributed by atoms with van der Waals surface area (Å²) in [4.78, 5) is 21.3. The first-order valence-electron chi connectivity index (χ1n) is 5.83. The van der Waals surface area contributed by atoms with Crippen LogP contribution in [0.25, 0.3) is 0 Å². The summed E-state index contributed by atoms with van der Waals surface area (Å²) < 4.78 is 0. The Morgan fingerprint density at radius 1 is 1.33 bits per heavy atom. The van der Waals surface area contributed by atoms with Crippen molar-refractivity contribution in [3.8, 4) is 0 Å². The summed E-state index contributed by atoms with van der Waals surface area (Å²) in [6, 6.07) is 7.27. The van der Waals surface area contributed by atoms with Gasteiger partial charge in [-0.15, -0.1) is 0 Å². The van der Waals surface area contributed by atoms with Crippen molar-refractivity contribution in [1.29, 1.82) is 0 Å². The van der Waals surface area contributed by atoms with Crippen molar-refractivity contribution in [1.82, 2.24) is 0 Å². The number of aliphatic carboxylic acids is 1. The first kappa shape index (κ1) is 14.4. The Bertz CT molecular complexity index is 420. The van der Waals surface area contributed by atoms with E-state index < -0.39 is 17.5 Å². The molecule has 1 aromatic rings. The van der Waals surface area contributed by atoms with Crippen molar-refractivity contribution in [2.24, 2.45) is 5.92 Å². The van der Waals surface area contributed by atoms with E-state index in [1.54, 1.807) is 6.92 Å². The van der Waals surface area contributed by atoms with Crippen LogP contribution in [0, 0.1) is 5.92 Å². The van der Waals surface area contributed by atoms with Gasteiger partial charge in [0, 0.05) is 6.42 Å². The molecule has 0 aliphatic carbocycles. The van der Waals surface area contributed by atoms with Crippen LogP contribution >= 0.6 is 0 Å². The van der Waals surface area contributed by atoms with Crippen LogP contribution in [0.5, 0.6) is 0 Å². The highest BCUT2D eigenvalue weighted by Crippen LogP contribution is 2.14. The molecule has 2 N–H and O–H groups in total. The van der Waals surface area contributed by atoms with Gasteiger partial charge in [-0.25, -0.2) is 0 Å².